The fourth-order valence-electron chi connectivity index (χ4n) is 2.63. The quantitative estimate of drug-likeness (QED) is 0.461. The lowest BCUT2D eigenvalue weighted by Gasteiger charge is -2.15. The van der Waals surface area contributed by atoms with Crippen molar-refractivity contribution in [2.24, 2.45) is 0 Å². The van der Waals surface area contributed by atoms with Crippen molar-refractivity contribution in [1.82, 2.24) is 10.6 Å². The predicted molar refractivity (Wildman–Crippen MR) is 68.5 cm³/mol. The molecule has 0 radical (unpaired) electrons. The molecule has 8 heteroatoms. The highest BCUT2D eigenvalue weighted by Gasteiger charge is 2.42. The highest BCUT2D eigenvalue weighted by Crippen LogP contribution is 2.22. The largest absolute Gasteiger partial charge is 0.374 e. The maximum Gasteiger partial charge on any atom is 0.315 e. The molecule has 0 aromatic rings. The molecule has 2 amide bonds. The van der Waals surface area contributed by atoms with Gasteiger partial charge >= 0.3 is 6.03 Å². The molecule has 2 rings (SSSR count). The van der Waals surface area contributed by atoms with Gasteiger partial charge in [0.15, 0.2) is 0 Å². The van der Waals surface area contributed by atoms with E-state index in [0.717, 1.165) is 25.7 Å². The second-order valence-corrected chi connectivity index (χ2v) is 6.68. The molecular formula is C11H20N2O5S. The summed E-state index contributed by atoms with van der Waals surface area (Å²) in [6.45, 7) is 0.552. The lowest BCUT2D eigenvalue weighted by molar-refractivity contribution is 0.0874. The lowest BCUT2D eigenvalue weighted by Crippen LogP contribution is -2.37. The highest BCUT2D eigenvalue weighted by molar-refractivity contribution is 7.85. The van der Waals surface area contributed by atoms with Gasteiger partial charge in [-0.25, -0.2) is 4.79 Å². The van der Waals surface area contributed by atoms with Crippen molar-refractivity contribution in [3.05, 3.63) is 0 Å². The summed E-state index contributed by atoms with van der Waals surface area (Å²) in [6.07, 6.45) is 3.98. The average molecular weight is 292 g/mol. The molecule has 0 aliphatic carbocycles. The predicted octanol–water partition coefficient (Wildman–Crippen LogP) is 0.274. The van der Waals surface area contributed by atoms with Crippen LogP contribution in [0.1, 0.15) is 32.1 Å². The number of ether oxygens (including phenoxy) is 1. The Bertz CT molecular complexity index is 425. The summed E-state index contributed by atoms with van der Waals surface area (Å²) in [7, 11) is -3.83. The van der Waals surface area contributed by atoms with Crippen LogP contribution in [0.3, 0.4) is 0 Å². The number of amides is 2. The minimum atomic E-state index is -3.83. The van der Waals surface area contributed by atoms with Crippen LogP contribution >= 0.6 is 0 Å². The van der Waals surface area contributed by atoms with Crippen molar-refractivity contribution < 1.29 is 22.5 Å². The first kappa shape index (κ1) is 14.5. The normalized spacial score (nSPS) is 29.9. The molecule has 2 aliphatic rings. The van der Waals surface area contributed by atoms with Crippen molar-refractivity contribution in [2.45, 2.75) is 50.3 Å². The van der Waals surface area contributed by atoms with Crippen LogP contribution in [0.25, 0.3) is 0 Å². The molecule has 19 heavy (non-hydrogen) atoms. The maximum atomic E-state index is 11.2. The fraction of sp³-hybridized carbons (Fsp3) is 0.909. The summed E-state index contributed by atoms with van der Waals surface area (Å²) in [6, 6.07) is 0.0128. The molecule has 0 aromatic heterocycles. The smallest absolute Gasteiger partial charge is 0.315 e. The van der Waals surface area contributed by atoms with Gasteiger partial charge in [0.25, 0.3) is 10.1 Å². The number of urea groups is 1. The summed E-state index contributed by atoms with van der Waals surface area (Å²) in [4.78, 5) is 11.2. The van der Waals surface area contributed by atoms with Crippen molar-refractivity contribution >= 4 is 16.1 Å². The van der Waals surface area contributed by atoms with Gasteiger partial charge < -0.3 is 15.4 Å². The molecule has 3 unspecified atom stereocenters. The number of carbonyl (C=O) groups excluding carboxylic acids is 1. The van der Waals surface area contributed by atoms with Gasteiger partial charge in [0.2, 0.25) is 0 Å². The Kier molecular flexibility index (Phi) is 4.64. The van der Waals surface area contributed by atoms with Gasteiger partial charge in [0.1, 0.15) is 0 Å². The fourth-order valence-corrected chi connectivity index (χ4v) is 3.20. The van der Waals surface area contributed by atoms with Crippen molar-refractivity contribution in [1.29, 1.82) is 0 Å². The molecule has 7 nitrogen and oxygen atoms in total. The van der Waals surface area contributed by atoms with E-state index >= 15 is 0 Å². The Morgan fingerprint density at radius 3 is 2.68 bits per heavy atom. The third-order valence-corrected chi connectivity index (χ3v) is 4.38. The zero-order valence-corrected chi connectivity index (χ0v) is 11.5. The molecule has 0 saturated carbocycles. The molecule has 2 saturated heterocycles. The monoisotopic (exact) mass is 292 g/mol. The van der Waals surface area contributed by atoms with E-state index in [1.807, 2.05) is 0 Å². The van der Waals surface area contributed by atoms with E-state index in [1.165, 1.54) is 0 Å². The Morgan fingerprint density at radius 2 is 1.95 bits per heavy atom. The minimum absolute atomic E-state index is 0.0468. The minimum Gasteiger partial charge on any atom is -0.374 e. The summed E-state index contributed by atoms with van der Waals surface area (Å²) in [5.74, 6) is -0.169. The van der Waals surface area contributed by atoms with E-state index in [2.05, 4.69) is 10.6 Å². The van der Waals surface area contributed by atoms with Gasteiger partial charge in [0.05, 0.1) is 30.5 Å². The van der Waals surface area contributed by atoms with E-state index in [1.54, 1.807) is 0 Å². The van der Waals surface area contributed by atoms with Gasteiger partial charge in [-0.1, -0.05) is 19.3 Å². The number of carbonyl (C=O) groups is 1. The molecule has 2 heterocycles. The Morgan fingerprint density at radius 1 is 1.21 bits per heavy atom. The van der Waals surface area contributed by atoms with Gasteiger partial charge in [-0.2, -0.15) is 8.42 Å². The number of rotatable bonds is 7. The maximum absolute atomic E-state index is 11.2. The standard InChI is InChI=1S/C11H20N2O5S/c14-11-12-8-7-18-9(10(8)13-11)5-3-1-2-4-6-19(15,16)17/h8-10H,1-7H2,(H2,12,13,14)(H,15,16,17). The van der Waals surface area contributed by atoms with E-state index in [9.17, 15) is 13.2 Å². The van der Waals surface area contributed by atoms with Gasteiger partial charge in [-0.3, -0.25) is 4.55 Å². The second-order valence-electron chi connectivity index (χ2n) is 5.11. The van der Waals surface area contributed by atoms with E-state index in [-0.39, 0.29) is 30.0 Å². The first-order valence-electron chi connectivity index (χ1n) is 6.59. The van der Waals surface area contributed by atoms with Crippen molar-refractivity contribution in [3.8, 4) is 0 Å². The van der Waals surface area contributed by atoms with E-state index in [0.29, 0.717) is 13.0 Å². The zero-order chi connectivity index (χ0) is 13.9. The van der Waals surface area contributed by atoms with Crippen LogP contribution in [0, 0.1) is 0 Å². The van der Waals surface area contributed by atoms with Gasteiger partial charge in [-0.15, -0.1) is 0 Å². The first-order valence-corrected chi connectivity index (χ1v) is 8.20. The van der Waals surface area contributed by atoms with Crippen molar-refractivity contribution in [3.63, 3.8) is 0 Å². The van der Waals surface area contributed by atoms with Gasteiger partial charge in [-0.05, 0) is 12.8 Å². The Balaban J connectivity index is 1.58. The molecule has 0 bridgehead atoms. The van der Waals surface area contributed by atoms with Gasteiger partial charge in [0, 0.05) is 0 Å². The topological polar surface area (TPSA) is 105 Å². The molecule has 0 spiro atoms. The first-order chi connectivity index (χ1) is 8.96. The van der Waals surface area contributed by atoms with E-state index in [4.69, 9.17) is 9.29 Å². The molecule has 3 N–H and O–H groups in total. The van der Waals surface area contributed by atoms with Crippen LogP contribution in [0.5, 0.6) is 0 Å². The van der Waals surface area contributed by atoms with Crippen LogP contribution in [-0.4, -0.2) is 49.5 Å². The molecular weight excluding hydrogens is 272 g/mol. The third-order valence-electron chi connectivity index (χ3n) is 3.58. The zero-order valence-electron chi connectivity index (χ0n) is 10.7. The van der Waals surface area contributed by atoms with E-state index < -0.39 is 10.1 Å². The second kappa shape index (κ2) is 6.06. The molecule has 0 aromatic carbocycles. The summed E-state index contributed by atoms with van der Waals surface area (Å²) in [5, 5.41) is 5.65. The van der Waals surface area contributed by atoms with Crippen LogP contribution in [0.2, 0.25) is 0 Å². The molecule has 2 fully saturated rings. The van der Waals surface area contributed by atoms with Crippen LogP contribution in [0.4, 0.5) is 4.79 Å². The van der Waals surface area contributed by atoms with Crippen LogP contribution in [-0.2, 0) is 14.9 Å². The number of unbranched alkanes of at least 4 members (excludes halogenated alkanes) is 3. The molecule has 110 valence electrons. The van der Waals surface area contributed by atoms with Crippen LogP contribution in [0.15, 0.2) is 0 Å². The summed E-state index contributed by atoms with van der Waals surface area (Å²) >= 11 is 0. The van der Waals surface area contributed by atoms with Crippen molar-refractivity contribution in [2.75, 3.05) is 12.4 Å². The molecule has 3 atom stereocenters. The number of fused-ring (bicyclic) bond motifs is 1. The number of hydrogen-bond acceptors (Lipinski definition) is 4. The number of hydrogen-bond donors (Lipinski definition) is 3. The summed E-state index contributed by atoms with van der Waals surface area (Å²) < 4.78 is 35.2. The Hall–Kier alpha value is -0.860. The summed E-state index contributed by atoms with van der Waals surface area (Å²) in [5.41, 5.74) is 0. The highest BCUT2D eigenvalue weighted by atomic mass is 32.2. The average Bonchev–Trinajstić information content (AvgIpc) is 2.82. The SMILES string of the molecule is O=C1NC2COC(CCCCCCS(=O)(=O)O)C2N1. The molecule has 2 aliphatic heterocycles. The number of nitrogens with one attached hydrogen (secondary N) is 2. The Labute approximate surface area is 112 Å². The third kappa shape index (κ3) is 4.32. The lowest BCUT2D eigenvalue weighted by atomic mass is 10.0. The van der Waals surface area contributed by atoms with Crippen LogP contribution < -0.4 is 10.6 Å².